The van der Waals surface area contributed by atoms with E-state index < -0.39 is 0 Å². The first-order chi connectivity index (χ1) is 19.8. The maximum Gasteiger partial charge on any atom is 0.132 e. The summed E-state index contributed by atoms with van der Waals surface area (Å²) in [6.45, 7) is 18.3. The average molecular weight is 577 g/mol. The molecule has 0 fully saturated rings. The van der Waals surface area contributed by atoms with E-state index in [1.54, 1.807) is 11.8 Å². The number of hydrazone groups is 1. The van der Waals surface area contributed by atoms with Crippen LogP contribution in [-0.2, 0) is 0 Å². The second kappa shape index (κ2) is 19.2. The van der Waals surface area contributed by atoms with Gasteiger partial charge < -0.3 is 11.1 Å². The van der Waals surface area contributed by atoms with Crippen molar-refractivity contribution in [1.82, 2.24) is 10.3 Å². The molecule has 0 aromatic heterocycles. The van der Waals surface area contributed by atoms with Crippen molar-refractivity contribution in [3.63, 3.8) is 0 Å². The molecule has 6 nitrogen and oxygen atoms in total. The Bertz CT molecular complexity index is 1100. The fourth-order valence-electron chi connectivity index (χ4n) is 5.01. The molecule has 1 unspecified atom stereocenters. The number of nitriles is 1. The van der Waals surface area contributed by atoms with E-state index in [0.29, 0.717) is 24.1 Å². The normalized spacial score (nSPS) is 20.1. The average Bonchev–Trinajstić information content (AvgIpc) is 3.11. The first kappa shape index (κ1) is 34.2. The van der Waals surface area contributed by atoms with Crippen molar-refractivity contribution in [2.75, 3.05) is 18.8 Å². The lowest BCUT2D eigenvalue weighted by Crippen LogP contribution is -2.32. The second-order valence-corrected chi connectivity index (χ2v) is 12.1. The smallest absolute Gasteiger partial charge is 0.132 e. The van der Waals surface area contributed by atoms with Gasteiger partial charge in [0.05, 0.1) is 12.6 Å². The maximum absolute atomic E-state index is 9.33. The predicted octanol–water partition coefficient (Wildman–Crippen LogP) is 8.37. The molecule has 0 aromatic carbocycles. The van der Waals surface area contributed by atoms with Gasteiger partial charge in [-0.1, -0.05) is 82.9 Å². The highest BCUT2D eigenvalue weighted by Crippen LogP contribution is 2.23. The monoisotopic (exact) mass is 576 g/mol. The Kier molecular flexibility index (Phi) is 16.0. The number of nitrogens with one attached hydrogen (secondary N) is 1. The fourth-order valence-corrected chi connectivity index (χ4v) is 5.75. The molecular formula is C34H52N6S. The maximum atomic E-state index is 9.33. The number of hydrogen-bond acceptors (Lipinski definition) is 6. The summed E-state index contributed by atoms with van der Waals surface area (Å²) in [6, 6.07) is 2.33. The minimum absolute atomic E-state index is 0.558. The number of amidine groups is 1. The lowest BCUT2D eigenvalue weighted by molar-refractivity contribution is 0.305. The van der Waals surface area contributed by atoms with E-state index in [1.165, 1.54) is 31.3 Å². The molecule has 0 saturated carbocycles. The van der Waals surface area contributed by atoms with Crippen molar-refractivity contribution in [2.45, 2.75) is 91.9 Å². The summed E-state index contributed by atoms with van der Waals surface area (Å²) in [5, 5.41) is 21.0. The number of aliphatic imine (C=N–C) groups is 1. The van der Waals surface area contributed by atoms with Crippen LogP contribution >= 0.6 is 11.8 Å². The Morgan fingerprint density at radius 1 is 1.20 bits per heavy atom. The molecule has 1 aliphatic heterocycles. The standard InChI is InChI=1S/C34H52N6S/c1-7-29(8-2)19-18-26(3)20-21-40(37-6)33(36)27(4)34(39-28(5)32-17-12-22-41-25-32)38-24-31-14-10-9-13-30(23-35)15-11-16-31/h12,15-17,22,26,29H,5-11,13-14,18-21,24-25,36H2,1-4H3,(H,38,39)/b30-15+,31-16+,33-27+. The van der Waals surface area contributed by atoms with E-state index in [4.69, 9.17) is 10.7 Å². The third-order valence-electron chi connectivity index (χ3n) is 8.16. The van der Waals surface area contributed by atoms with Crippen molar-refractivity contribution in [2.24, 2.45) is 27.7 Å². The van der Waals surface area contributed by atoms with Gasteiger partial charge in [0.15, 0.2) is 0 Å². The van der Waals surface area contributed by atoms with Crippen LogP contribution in [-0.4, -0.2) is 36.4 Å². The molecule has 0 bridgehead atoms. The van der Waals surface area contributed by atoms with Crippen molar-refractivity contribution in [1.29, 1.82) is 5.26 Å². The molecule has 2 aliphatic rings. The molecule has 1 atom stereocenters. The fraction of sp³-hybridized carbons (Fsp3) is 0.559. The molecule has 224 valence electrons. The van der Waals surface area contributed by atoms with Gasteiger partial charge in [0.2, 0.25) is 0 Å². The van der Waals surface area contributed by atoms with E-state index in [2.05, 4.69) is 68.1 Å². The van der Waals surface area contributed by atoms with Crippen LogP contribution in [0.4, 0.5) is 0 Å². The summed E-state index contributed by atoms with van der Waals surface area (Å²) in [5.74, 6) is 3.53. The molecule has 1 aliphatic carbocycles. The third kappa shape index (κ3) is 12.2. The Balaban J connectivity index is 2.23. The topological polar surface area (TPSA) is 89.8 Å². The summed E-state index contributed by atoms with van der Waals surface area (Å²) < 4.78 is 0. The number of thioether (sulfide) groups is 1. The van der Waals surface area contributed by atoms with Crippen molar-refractivity contribution >= 4 is 24.3 Å². The molecule has 0 spiro atoms. The number of allylic oxidation sites excluding steroid dienone is 6. The first-order valence-electron chi connectivity index (χ1n) is 15.3. The molecule has 0 amide bonds. The van der Waals surface area contributed by atoms with Gasteiger partial charge >= 0.3 is 0 Å². The van der Waals surface area contributed by atoms with Gasteiger partial charge in [0.1, 0.15) is 11.7 Å². The summed E-state index contributed by atoms with van der Waals surface area (Å²) >= 11 is 1.75. The highest BCUT2D eigenvalue weighted by Gasteiger charge is 2.17. The molecule has 41 heavy (non-hydrogen) atoms. The molecule has 3 N–H and O–H groups in total. The minimum atomic E-state index is 0.558. The quantitative estimate of drug-likeness (QED) is 0.0884. The summed E-state index contributed by atoms with van der Waals surface area (Å²) in [7, 11) is 0. The zero-order valence-corrected chi connectivity index (χ0v) is 26.7. The van der Waals surface area contributed by atoms with Crippen LogP contribution in [0.25, 0.3) is 0 Å². The van der Waals surface area contributed by atoms with Crippen LogP contribution in [0, 0.1) is 23.2 Å². The van der Waals surface area contributed by atoms with Crippen LogP contribution in [0.15, 0.2) is 80.2 Å². The number of nitrogens with zero attached hydrogens (tertiary/aromatic N) is 4. The summed E-state index contributed by atoms with van der Waals surface area (Å²) in [5.41, 5.74) is 11.7. The van der Waals surface area contributed by atoms with Crippen LogP contribution in [0.3, 0.4) is 0 Å². The van der Waals surface area contributed by atoms with Gasteiger partial charge in [-0.2, -0.15) is 10.4 Å². The Labute approximate surface area is 254 Å². The first-order valence-corrected chi connectivity index (χ1v) is 16.3. The molecule has 0 aromatic rings. The van der Waals surface area contributed by atoms with Gasteiger partial charge in [-0.15, -0.1) is 11.8 Å². The third-order valence-corrected chi connectivity index (χ3v) is 8.99. The van der Waals surface area contributed by atoms with E-state index in [-0.39, 0.29) is 0 Å². The molecule has 2 rings (SSSR count). The van der Waals surface area contributed by atoms with Crippen LogP contribution in [0.1, 0.15) is 91.9 Å². The van der Waals surface area contributed by atoms with Crippen LogP contribution in [0.2, 0.25) is 0 Å². The summed E-state index contributed by atoms with van der Waals surface area (Å²) in [4.78, 5) is 5.04. The SMILES string of the molecule is C=NN(CCC(C)CCC(CC)CC)/C(N)=C(C)/C(=N\C/C1=C/C/C=C(/C#N)CCCC1)NC(=C)C1=CC=CSC1. The minimum Gasteiger partial charge on any atom is -0.384 e. The second-order valence-electron chi connectivity index (χ2n) is 11.2. The largest absolute Gasteiger partial charge is 0.384 e. The molecule has 1 heterocycles. The van der Waals surface area contributed by atoms with Crippen molar-refractivity contribution in [3.05, 3.63) is 70.1 Å². The Morgan fingerprint density at radius 2 is 1.95 bits per heavy atom. The Morgan fingerprint density at radius 3 is 2.61 bits per heavy atom. The van der Waals surface area contributed by atoms with Gasteiger partial charge in [-0.05, 0) is 68.3 Å². The molecule has 7 heteroatoms. The van der Waals surface area contributed by atoms with E-state index >= 15 is 0 Å². The lowest BCUT2D eigenvalue weighted by atomic mass is 9.91. The van der Waals surface area contributed by atoms with Gasteiger partial charge in [0, 0.05) is 35.9 Å². The zero-order chi connectivity index (χ0) is 30.0. The van der Waals surface area contributed by atoms with E-state index in [9.17, 15) is 5.26 Å². The van der Waals surface area contributed by atoms with Crippen LogP contribution < -0.4 is 11.1 Å². The highest BCUT2D eigenvalue weighted by molar-refractivity contribution is 8.02. The predicted molar refractivity (Wildman–Crippen MR) is 179 cm³/mol. The van der Waals surface area contributed by atoms with Crippen molar-refractivity contribution in [3.8, 4) is 6.07 Å². The van der Waals surface area contributed by atoms with E-state index in [0.717, 1.165) is 79.2 Å². The number of hydrogen-bond donors (Lipinski definition) is 2. The Hall–Kier alpha value is -2.98. The van der Waals surface area contributed by atoms with Crippen LogP contribution in [0.5, 0.6) is 0 Å². The molecule has 0 saturated heterocycles. The number of rotatable bonds is 15. The molecular weight excluding hydrogens is 524 g/mol. The number of nitrogens with two attached hydrogens (primary N) is 1. The zero-order valence-electron chi connectivity index (χ0n) is 25.9. The highest BCUT2D eigenvalue weighted by atomic mass is 32.2. The van der Waals surface area contributed by atoms with Gasteiger partial charge in [-0.3, -0.25) is 10.0 Å². The van der Waals surface area contributed by atoms with Gasteiger partial charge in [-0.25, -0.2) is 0 Å². The van der Waals surface area contributed by atoms with Gasteiger partial charge in [0.25, 0.3) is 0 Å². The molecule has 0 radical (unpaired) electrons. The summed E-state index contributed by atoms with van der Waals surface area (Å²) in [6.07, 6.45) is 19.0. The van der Waals surface area contributed by atoms with Crippen molar-refractivity contribution < 1.29 is 0 Å². The van der Waals surface area contributed by atoms with E-state index in [1.807, 2.05) is 24.1 Å². The lowest BCUT2D eigenvalue weighted by Gasteiger charge is -2.24.